The average molecular weight is 272 g/mol. The lowest BCUT2D eigenvalue weighted by molar-refractivity contribution is -0.126. The Morgan fingerprint density at radius 3 is 3.10 bits per heavy atom. The molecule has 3 rings (SSSR count). The molecular weight excluding hydrogens is 252 g/mol. The molecule has 0 aromatic carbocycles. The fourth-order valence-corrected chi connectivity index (χ4v) is 2.69. The molecule has 2 aromatic rings. The lowest BCUT2D eigenvalue weighted by Gasteiger charge is -2.28. The quantitative estimate of drug-likeness (QED) is 0.890. The summed E-state index contributed by atoms with van der Waals surface area (Å²) >= 11 is 0. The van der Waals surface area contributed by atoms with Crippen LogP contribution in [-0.4, -0.2) is 40.9 Å². The van der Waals surface area contributed by atoms with Gasteiger partial charge in [0, 0.05) is 17.5 Å². The highest BCUT2D eigenvalue weighted by Gasteiger charge is 2.22. The van der Waals surface area contributed by atoms with Crippen LogP contribution >= 0.6 is 0 Å². The Morgan fingerprint density at radius 2 is 2.30 bits per heavy atom. The van der Waals surface area contributed by atoms with E-state index in [9.17, 15) is 4.79 Å². The van der Waals surface area contributed by atoms with Crippen molar-refractivity contribution in [2.24, 2.45) is 5.92 Å². The number of aromatic amines is 1. The van der Waals surface area contributed by atoms with Crippen molar-refractivity contribution < 1.29 is 4.79 Å². The van der Waals surface area contributed by atoms with Crippen LogP contribution in [0.25, 0.3) is 10.9 Å². The number of carbonyl (C=O) groups is 1. The summed E-state index contributed by atoms with van der Waals surface area (Å²) in [4.78, 5) is 21.9. The summed E-state index contributed by atoms with van der Waals surface area (Å²) in [5, 5.41) is 4.14. The number of aromatic nitrogens is 2. The lowest BCUT2D eigenvalue weighted by atomic mass is 9.96. The Hall–Kier alpha value is -1.88. The van der Waals surface area contributed by atoms with Gasteiger partial charge in [-0.3, -0.25) is 9.78 Å². The number of fused-ring (bicyclic) bond motifs is 1. The van der Waals surface area contributed by atoms with Crippen LogP contribution in [0.5, 0.6) is 0 Å². The number of carbonyl (C=O) groups excluding carboxylic acids is 1. The van der Waals surface area contributed by atoms with Gasteiger partial charge >= 0.3 is 0 Å². The minimum Gasteiger partial charge on any atom is -0.360 e. The van der Waals surface area contributed by atoms with Crippen molar-refractivity contribution in [2.75, 3.05) is 20.1 Å². The molecule has 20 heavy (non-hydrogen) atoms. The number of pyridine rings is 1. The van der Waals surface area contributed by atoms with Crippen molar-refractivity contribution in [1.29, 1.82) is 0 Å². The Balaban J connectivity index is 1.57. The van der Waals surface area contributed by atoms with Gasteiger partial charge in [-0.05, 0) is 45.1 Å². The van der Waals surface area contributed by atoms with Gasteiger partial charge in [0.15, 0.2) is 0 Å². The number of hydrogen-bond acceptors (Lipinski definition) is 3. The number of hydrogen-bond donors (Lipinski definition) is 2. The molecule has 1 amide bonds. The predicted octanol–water partition coefficient (Wildman–Crippen LogP) is 1.52. The van der Waals surface area contributed by atoms with Gasteiger partial charge in [0.25, 0.3) is 0 Å². The van der Waals surface area contributed by atoms with Crippen molar-refractivity contribution in [2.45, 2.75) is 19.4 Å². The highest BCUT2D eigenvalue weighted by Crippen LogP contribution is 2.16. The van der Waals surface area contributed by atoms with Crippen molar-refractivity contribution >= 4 is 16.8 Å². The molecule has 3 heterocycles. The Bertz CT molecular complexity index is 599. The van der Waals surface area contributed by atoms with E-state index in [-0.39, 0.29) is 11.8 Å². The van der Waals surface area contributed by atoms with Crippen molar-refractivity contribution in [1.82, 2.24) is 20.2 Å². The molecule has 0 radical (unpaired) electrons. The number of H-pyrrole nitrogens is 1. The Labute approximate surface area is 118 Å². The lowest BCUT2D eigenvalue weighted by Crippen LogP contribution is -2.38. The van der Waals surface area contributed by atoms with Gasteiger partial charge in [-0.15, -0.1) is 0 Å². The van der Waals surface area contributed by atoms with Gasteiger partial charge in [-0.1, -0.05) is 0 Å². The van der Waals surface area contributed by atoms with Crippen LogP contribution in [0.3, 0.4) is 0 Å². The molecule has 0 atom stereocenters. The monoisotopic (exact) mass is 272 g/mol. The number of nitrogens with zero attached hydrogens (tertiary/aromatic N) is 2. The molecule has 0 saturated carbocycles. The summed E-state index contributed by atoms with van der Waals surface area (Å²) in [6, 6.07) is 4.03. The normalized spacial score (nSPS) is 17.4. The number of amides is 1. The van der Waals surface area contributed by atoms with Gasteiger partial charge in [0.05, 0.1) is 24.0 Å². The third-order valence-electron chi connectivity index (χ3n) is 4.03. The molecule has 0 unspecified atom stereocenters. The van der Waals surface area contributed by atoms with E-state index < -0.39 is 0 Å². The predicted molar refractivity (Wildman–Crippen MR) is 78.2 cm³/mol. The maximum atomic E-state index is 12.1. The fraction of sp³-hybridized carbons (Fsp3) is 0.467. The van der Waals surface area contributed by atoms with E-state index in [2.05, 4.69) is 27.2 Å². The molecule has 1 saturated heterocycles. The zero-order valence-electron chi connectivity index (χ0n) is 11.7. The van der Waals surface area contributed by atoms with Gasteiger partial charge in [-0.25, -0.2) is 0 Å². The maximum Gasteiger partial charge on any atom is 0.223 e. The van der Waals surface area contributed by atoms with Crippen molar-refractivity contribution in [3.05, 3.63) is 30.2 Å². The third kappa shape index (κ3) is 2.82. The number of rotatable bonds is 3. The SMILES string of the molecule is CN1CCC(C(=O)NCc2cc3cc[nH]c3cn2)CC1. The van der Waals surface area contributed by atoms with E-state index in [1.165, 1.54) is 0 Å². The summed E-state index contributed by atoms with van der Waals surface area (Å²) in [5.74, 6) is 0.316. The number of likely N-dealkylation sites (tertiary alicyclic amines) is 1. The highest BCUT2D eigenvalue weighted by atomic mass is 16.1. The molecule has 106 valence electrons. The zero-order chi connectivity index (χ0) is 13.9. The van der Waals surface area contributed by atoms with Crippen LogP contribution < -0.4 is 5.32 Å². The first-order chi connectivity index (χ1) is 9.72. The molecule has 1 aliphatic heterocycles. The summed E-state index contributed by atoms with van der Waals surface area (Å²) < 4.78 is 0. The van der Waals surface area contributed by atoms with Gasteiger partial charge in [0.2, 0.25) is 5.91 Å². The van der Waals surface area contributed by atoms with Gasteiger partial charge in [0.1, 0.15) is 0 Å². The van der Waals surface area contributed by atoms with Crippen molar-refractivity contribution in [3.8, 4) is 0 Å². The topological polar surface area (TPSA) is 61.0 Å². The molecule has 0 bridgehead atoms. The third-order valence-corrected chi connectivity index (χ3v) is 4.03. The summed E-state index contributed by atoms with van der Waals surface area (Å²) in [7, 11) is 2.10. The Kier molecular flexibility index (Phi) is 3.69. The van der Waals surface area contributed by atoms with Crippen LogP contribution in [0.15, 0.2) is 24.5 Å². The van der Waals surface area contributed by atoms with Crippen LogP contribution in [-0.2, 0) is 11.3 Å². The maximum absolute atomic E-state index is 12.1. The van der Waals surface area contributed by atoms with E-state index in [1.807, 2.05) is 24.5 Å². The number of nitrogens with one attached hydrogen (secondary N) is 2. The molecule has 5 nitrogen and oxygen atoms in total. The van der Waals surface area contributed by atoms with E-state index in [0.717, 1.165) is 42.5 Å². The highest BCUT2D eigenvalue weighted by molar-refractivity contribution is 5.80. The summed E-state index contributed by atoms with van der Waals surface area (Å²) in [6.07, 6.45) is 5.61. The fourth-order valence-electron chi connectivity index (χ4n) is 2.69. The molecule has 0 spiro atoms. The van der Waals surface area contributed by atoms with E-state index >= 15 is 0 Å². The minimum absolute atomic E-state index is 0.155. The van der Waals surface area contributed by atoms with Crippen LogP contribution in [0.2, 0.25) is 0 Å². The molecule has 2 aromatic heterocycles. The first kappa shape index (κ1) is 13.1. The molecule has 5 heteroatoms. The summed E-state index contributed by atoms with van der Waals surface area (Å²) in [5.41, 5.74) is 1.92. The van der Waals surface area contributed by atoms with Crippen molar-refractivity contribution in [3.63, 3.8) is 0 Å². The molecular formula is C15H20N4O. The Morgan fingerprint density at radius 1 is 1.50 bits per heavy atom. The largest absolute Gasteiger partial charge is 0.360 e. The smallest absolute Gasteiger partial charge is 0.223 e. The van der Waals surface area contributed by atoms with E-state index in [1.54, 1.807) is 0 Å². The average Bonchev–Trinajstić information content (AvgIpc) is 2.93. The number of piperidine rings is 1. The molecule has 1 aliphatic rings. The second kappa shape index (κ2) is 5.63. The molecule has 0 aliphatic carbocycles. The second-order valence-corrected chi connectivity index (χ2v) is 5.54. The second-order valence-electron chi connectivity index (χ2n) is 5.54. The summed E-state index contributed by atoms with van der Waals surface area (Å²) in [6.45, 7) is 2.52. The van der Waals surface area contributed by atoms with Gasteiger partial charge in [-0.2, -0.15) is 0 Å². The van der Waals surface area contributed by atoms with E-state index in [0.29, 0.717) is 6.54 Å². The standard InChI is InChI=1S/C15H20N4O/c1-19-6-3-11(4-7-19)15(20)18-9-13-8-12-2-5-16-14(12)10-17-13/h2,5,8,10-11,16H,3-4,6-7,9H2,1H3,(H,18,20). The van der Waals surface area contributed by atoms with Crippen LogP contribution in [0, 0.1) is 5.92 Å². The van der Waals surface area contributed by atoms with Crippen LogP contribution in [0.4, 0.5) is 0 Å². The molecule has 2 N–H and O–H groups in total. The first-order valence-electron chi connectivity index (χ1n) is 7.10. The zero-order valence-corrected chi connectivity index (χ0v) is 11.7. The van der Waals surface area contributed by atoms with E-state index in [4.69, 9.17) is 0 Å². The minimum atomic E-state index is 0.155. The molecule has 1 fully saturated rings. The van der Waals surface area contributed by atoms with Gasteiger partial charge < -0.3 is 15.2 Å². The van der Waals surface area contributed by atoms with Crippen LogP contribution in [0.1, 0.15) is 18.5 Å². The first-order valence-corrected chi connectivity index (χ1v) is 7.10.